The van der Waals surface area contributed by atoms with Gasteiger partial charge in [0.2, 0.25) is 0 Å². The van der Waals surface area contributed by atoms with Crippen LogP contribution in [0.15, 0.2) is 65.6 Å². The van der Waals surface area contributed by atoms with Crippen LogP contribution in [0.25, 0.3) is 0 Å². The van der Waals surface area contributed by atoms with Crippen molar-refractivity contribution >= 4 is 29.3 Å². The molecule has 0 saturated carbocycles. The number of urea groups is 1. The Bertz CT molecular complexity index is 1230. The van der Waals surface area contributed by atoms with Crippen LogP contribution in [-0.2, 0) is 17.9 Å². The zero-order chi connectivity index (χ0) is 24.0. The molecule has 172 valence electrons. The molecule has 0 aliphatic carbocycles. The monoisotopic (exact) mass is 470 g/mol. The third kappa shape index (κ3) is 6.12. The lowest BCUT2D eigenvalue weighted by atomic mass is 10.0. The Hall–Kier alpha value is -3.82. The van der Waals surface area contributed by atoms with E-state index in [0.29, 0.717) is 16.1 Å². The Balaban J connectivity index is 1.82. The highest BCUT2D eigenvalue weighted by molar-refractivity contribution is 6.31. The fourth-order valence-electron chi connectivity index (χ4n) is 3.29. The summed E-state index contributed by atoms with van der Waals surface area (Å²) in [5.41, 5.74) is 6.66. The second kappa shape index (κ2) is 10.7. The molecule has 0 aliphatic heterocycles. The van der Waals surface area contributed by atoms with Crippen LogP contribution in [0.4, 0.5) is 10.5 Å². The topological polar surface area (TPSA) is 147 Å². The summed E-state index contributed by atoms with van der Waals surface area (Å²) in [6, 6.07) is 13.4. The summed E-state index contributed by atoms with van der Waals surface area (Å²) < 4.78 is 1.29. The lowest BCUT2D eigenvalue weighted by Crippen LogP contribution is -2.36. The molecule has 0 aliphatic rings. The van der Waals surface area contributed by atoms with Crippen molar-refractivity contribution in [2.45, 2.75) is 25.6 Å². The lowest BCUT2D eigenvalue weighted by molar-refractivity contribution is -0.137. The quantitative estimate of drug-likeness (QED) is 0.342. The molecule has 0 spiro atoms. The summed E-state index contributed by atoms with van der Waals surface area (Å²) in [6.07, 6.45) is 0.995. The van der Waals surface area contributed by atoms with E-state index in [4.69, 9.17) is 17.3 Å². The van der Waals surface area contributed by atoms with Crippen LogP contribution >= 0.6 is 11.6 Å². The minimum Gasteiger partial charge on any atom is -0.505 e. The standard InChI is InChI=1S/C23H23ClN4O5/c24-17-7-2-1-5-16(17)13-28-9-8-19(29)21(22(28)32)27-23(33)26-18(11-20(30)31)15-6-3-4-14(10-15)12-25/h1-10,18,29H,11-13,25H2,(H,30,31)(H2,26,27,33). The van der Waals surface area contributed by atoms with Gasteiger partial charge in [0.1, 0.15) is 5.75 Å². The number of hydrogen-bond donors (Lipinski definition) is 5. The van der Waals surface area contributed by atoms with E-state index in [2.05, 4.69) is 10.6 Å². The molecular formula is C23H23ClN4O5. The van der Waals surface area contributed by atoms with Gasteiger partial charge in [-0.1, -0.05) is 54.1 Å². The van der Waals surface area contributed by atoms with E-state index >= 15 is 0 Å². The first kappa shape index (κ1) is 23.8. The molecule has 2 aromatic carbocycles. The predicted octanol–water partition coefficient (Wildman–Crippen LogP) is 3.05. The molecule has 1 heterocycles. The van der Waals surface area contributed by atoms with Crippen molar-refractivity contribution in [3.8, 4) is 5.75 Å². The summed E-state index contributed by atoms with van der Waals surface area (Å²) in [5, 5.41) is 24.8. The number of aliphatic carboxylic acids is 1. The van der Waals surface area contributed by atoms with Crippen molar-refractivity contribution in [2.75, 3.05) is 5.32 Å². The number of carbonyl (C=O) groups is 2. The summed E-state index contributed by atoms with van der Waals surface area (Å²) in [4.78, 5) is 36.8. The number of amides is 2. The normalized spacial score (nSPS) is 11.6. The van der Waals surface area contributed by atoms with E-state index in [1.165, 1.54) is 16.8 Å². The Labute approximate surface area is 194 Å². The number of nitrogens with two attached hydrogens (primary N) is 1. The molecular weight excluding hydrogens is 448 g/mol. The Morgan fingerprint density at radius 2 is 1.88 bits per heavy atom. The van der Waals surface area contributed by atoms with Crippen LogP contribution in [0.1, 0.15) is 29.2 Å². The number of benzene rings is 2. The van der Waals surface area contributed by atoms with Gasteiger partial charge >= 0.3 is 12.0 Å². The minimum absolute atomic E-state index is 0.128. The summed E-state index contributed by atoms with van der Waals surface area (Å²) in [5.74, 6) is -1.55. The SMILES string of the molecule is NCc1cccc(C(CC(=O)O)NC(=O)Nc2c(O)ccn(Cc3ccccc3Cl)c2=O)c1. The van der Waals surface area contributed by atoms with Crippen LogP contribution in [0.5, 0.6) is 5.75 Å². The molecule has 0 radical (unpaired) electrons. The number of hydrogen-bond acceptors (Lipinski definition) is 5. The van der Waals surface area contributed by atoms with E-state index in [9.17, 15) is 24.6 Å². The van der Waals surface area contributed by atoms with Gasteiger partial charge in [0, 0.05) is 17.8 Å². The lowest BCUT2D eigenvalue weighted by Gasteiger charge is -2.19. The van der Waals surface area contributed by atoms with Gasteiger partial charge in [-0.25, -0.2) is 4.79 Å². The van der Waals surface area contributed by atoms with E-state index < -0.39 is 29.4 Å². The Morgan fingerprint density at radius 1 is 1.12 bits per heavy atom. The van der Waals surface area contributed by atoms with E-state index in [0.717, 1.165) is 5.56 Å². The van der Waals surface area contributed by atoms with E-state index in [1.54, 1.807) is 48.5 Å². The highest BCUT2D eigenvalue weighted by Gasteiger charge is 2.20. The average molecular weight is 471 g/mol. The summed E-state index contributed by atoms with van der Waals surface area (Å²) in [6.45, 7) is 0.380. The molecule has 3 rings (SSSR count). The molecule has 1 aromatic heterocycles. The Kier molecular flexibility index (Phi) is 7.70. The third-order valence-corrected chi connectivity index (χ3v) is 5.32. The maximum atomic E-state index is 12.9. The van der Waals surface area contributed by atoms with Crippen molar-refractivity contribution in [1.29, 1.82) is 0 Å². The van der Waals surface area contributed by atoms with Crippen molar-refractivity contribution < 1.29 is 19.8 Å². The maximum Gasteiger partial charge on any atom is 0.319 e. The fraction of sp³-hybridized carbons (Fsp3) is 0.174. The summed E-state index contributed by atoms with van der Waals surface area (Å²) in [7, 11) is 0. The van der Waals surface area contributed by atoms with Crippen LogP contribution in [0.3, 0.4) is 0 Å². The second-order valence-corrected chi connectivity index (χ2v) is 7.71. The van der Waals surface area contributed by atoms with Crippen molar-refractivity contribution in [2.24, 2.45) is 5.73 Å². The van der Waals surface area contributed by atoms with Crippen molar-refractivity contribution in [1.82, 2.24) is 9.88 Å². The molecule has 0 bridgehead atoms. The van der Waals surface area contributed by atoms with Crippen molar-refractivity contribution in [3.05, 3.63) is 92.9 Å². The predicted molar refractivity (Wildman–Crippen MR) is 124 cm³/mol. The van der Waals surface area contributed by atoms with Gasteiger partial charge in [-0.2, -0.15) is 0 Å². The number of carboxylic acid groups (broad SMARTS) is 1. The molecule has 1 atom stereocenters. The van der Waals surface area contributed by atoms with Gasteiger partial charge in [-0.3, -0.25) is 9.59 Å². The van der Waals surface area contributed by atoms with Crippen LogP contribution in [0.2, 0.25) is 5.02 Å². The first-order valence-electron chi connectivity index (χ1n) is 10.0. The number of aromatic hydroxyl groups is 1. The molecule has 33 heavy (non-hydrogen) atoms. The molecule has 10 heteroatoms. The molecule has 2 amide bonds. The van der Waals surface area contributed by atoms with E-state index in [-0.39, 0.29) is 25.2 Å². The molecule has 3 aromatic rings. The van der Waals surface area contributed by atoms with Gasteiger partial charge in [0.05, 0.1) is 19.0 Å². The first-order chi connectivity index (χ1) is 15.8. The number of aromatic nitrogens is 1. The molecule has 9 nitrogen and oxygen atoms in total. The minimum atomic E-state index is -1.12. The summed E-state index contributed by atoms with van der Waals surface area (Å²) >= 11 is 6.16. The number of anilines is 1. The van der Waals surface area contributed by atoms with Gasteiger partial charge in [-0.15, -0.1) is 0 Å². The smallest absolute Gasteiger partial charge is 0.319 e. The van der Waals surface area contributed by atoms with Gasteiger partial charge in [0.15, 0.2) is 5.69 Å². The zero-order valence-electron chi connectivity index (χ0n) is 17.5. The number of pyridine rings is 1. The number of carbonyl (C=O) groups excluding carboxylic acids is 1. The van der Waals surface area contributed by atoms with Gasteiger partial charge < -0.3 is 31.1 Å². The number of carboxylic acids is 1. The second-order valence-electron chi connectivity index (χ2n) is 7.30. The average Bonchev–Trinajstić information content (AvgIpc) is 2.79. The first-order valence-corrected chi connectivity index (χ1v) is 10.4. The van der Waals surface area contributed by atoms with Gasteiger partial charge in [-0.05, 0) is 28.8 Å². The number of halogens is 1. The molecule has 1 unspecified atom stereocenters. The number of nitrogens with zero attached hydrogens (tertiary/aromatic N) is 1. The molecule has 0 fully saturated rings. The van der Waals surface area contributed by atoms with Crippen LogP contribution in [0, 0.1) is 0 Å². The van der Waals surface area contributed by atoms with Crippen LogP contribution in [-0.4, -0.2) is 26.8 Å². The largest absolute Gasteiger partial charge is 0.505 e. The third-order valence-electron chi connectivity index (χ3n) is 4.95. The maximum absolute atomic E-state index is 12.9. The van der Waals surface area contributed by atoms with E-state index in [1.807, 2.05) is 0 Å². The molecule has 6 N–H and O–H groups in total. The fourth-order valence-corrected chi connectivity index (χ4v) is 3.48. The number of nitrogens with one attached hydrogen (secondary N) is 2. The van der Waals surface area contributed by atoms with Crippen LogP contribution < -0.4 is 21.9 Å². The van der Waals surface area contributed by atoms with Crippen molar-refractivity contribution in [3.63, 3.8) is 0 Å². The number of rotatable bonds is 8. The molecule has 0 saturated heterocycles. The highest BCUT2D eigenvalue weighted by Crippen LogP contribution is 2.22. The highest BCUT2D eigenvalue weighted by atomic mass is 35.5. The zero-order valence-corrected chi connectivity index (χ0v) is 18.2. The Morgan fingerprint density at radius 3 is 2.58 bits per heavy atom. The van der Waals surface area contributed by atoms with Gasteiger partial charge in [0.25, 0.3) is 5.56 Å².